The van der Waals surface area contributed by atoms with Gasteiger partial charge in [0.15, 0.2) is 5.78 Å². The quantitative estimate of drug-likeness (QED) is 0.761. The molecule has 3 nitrogen and oxygen atoms in total. The summed E-state index contributed by atoms with van der Waals surface area (Å²) in [6.07, 6.45) is 1.81. The predicted octanol–water partition coefficient (Wildman–Crippen LogP) is 2.49. The average molecular weight is 244 g/mol. The van der Waals surface area contributed by atoms with Gasteiger partial charge >= 0.3 is 0 Å². The van der Waals surface area contributed by atoms with Crippen LogP contribution in [-0.4, -0.2) is 21.3 Å². The molecular formula is C13H12N2OS. The highest BCUT2D eigenvalue weighted by atomic mass is 32.2. The molecule has 1 aromatic carbocycles. The van der Waals surface area contributed by atoms with Crippen molar-refractivity contribution in [3.63, 3.8) is 0 Å². The number of aryl methyl sites for hydroxylation is 1. The summed E-state index contributed by atoms with van der Waals surface area (Å²) in [5.74, 6) is 0.920. The molecule has 1 atom stereocenters. The Kier molecular flexibility index (Phi) is 2.52. The molecule has 0 spiro atoms. The molecule has 3 rings (SSSR count). The van der Waals surface area contributed by atoms with E-state index in [9.17, 15) is 4.79 Å². The van der Waals surface area contributed by atoms with Crippen molar-refractivity contribution in [2.24, 2.45) is 7.05 Å². The summed E-state index contributed by atoms with van der Waals surface area (Å²) in [6, 6.07) is 9.91. The van der Waals surface area contributed by atoms with Gasteiger partial charge in [-0.1, -0.05) is 18.2 Å². The maximum atomic E-state index is 12.3. The number of carbonyl (C=O) groups is 1. The second-order valence-corrected chi connectivity index (χ2v) is 5.20. The first kappa shape index (κ1) is 10.6. The molecule has 0 aliphatic carbocycles. The van der Waals surface area contributed by atoms with Crippen LogP contribution in [0.15, 0.2) is 41.4 Å². The molecule has 0 N–H and O–H groups in total. The van der Waals surface area contributed by atoms with E-state index in [2.05, 4.69) is 11.2 Å². The molecule has 0 saturated heterocycles. The minimum Gasteiger partial charge on any atom is -0.292 e. The molecule has 4 heteroatoms. The molecule has 1 aromatic heterocycles. The fourth-order valence-electron chi connectivity index (χ4n) is 2.10. The first-order chi connectivity index (χ1) is 8.25. The van der Waals surface area contributed by atoms with Gasteiger partial charge in [-0.3, -0.25) is 9.48 Å². The van der Waals surface area contributed by atoms with Crippen molar-refractivity contribution in [1.29, 1.82) is 0 Å². The molecule has 2 heterocycles. The molecule has 2 aromatic rings. The van der Waals surface area contributed by atoms with Crippen molar-refractivity contribution in [3.8, 4) is 0 Å². The molecule has 0 fully saturated rings. The molecule has 1 aliphatic heterocycles. The van der Waals surface area contributed by atoms with Gasteiger partial charge in [0.2, 0.25) is 0 Å². The van der Waals surface area contributed by atoms with E-state index in [1.54, 1.807) is 28.7 Å². The van der Waals surface area contributed by atoms with E-state index in [1.165, 1.54) is 4.90 Å². The normalized spacial score (nSPS) is 18.1. The van der Waals surface area contributed by atoms with Crippen LogP contribution in [0.4, 0.5) is 0 Å². The summed E-state index contributed by atoms with van der Waals surface area (Å²) < 4.78 is 1.67. The molecule has 86 valence electrons. The zero-order valence-electron chi connectivity index (χ0n) is 9.46. The third-order valence-electron chi connectivity index (χ3n) is 2.98. The Morgan fingerprint density at radius 1 is 1.41 bits per heavy atom. The monoisotopic (exact) mass is 244 g/mol. The van der Waals surface area contributed by atoms with E-state index in [0.717, 1.165) is 11.3 Å². The van der Waals surface area contributed by atoms with E-state index in [1.807, 2.05) is 25.2 Å². The summed E-state index contributed by atoms with van der Waals surface area (Å²) in [5, 5.41) is 4.19. The first-order valence-corrected chi connectivity index (χ1v) is 6.50. The number of carbonyl (C=O) groups excluding carboxylic acids is 1. The number of Topliss-reactive ketones (excluding diaryl/α,β-unsaturated/α-hetero) is 1. The molecule has 0 bridgehead atoms. The van der Waals surface area contributed by atoms with Gasteiger partial charge in [0.05, 0.1) is 5.92 Å². The summed E-state index contributed by atoms with van der Waals surface area (Å²) in [6.45, 7) is 0. The van der Waals surface area contributed by atoms with Crippen LogP contribution in [0, 0.1) is 0 Å². The number of hydrogen-bond acceptors (Lipinski definition) is 3. The Bertz CT molecular complexity index is 576. The van der Waals surface area contributed by atoms with Gasteiger partial charge in [-0.05, 0) is 17.7 Å². The minimum atomic E-state index is -0.0360. The Morgan fingerprint density at radius 2 is 2.24 bits per heavy atom. The fraction of sp³-hybridized carbons (Fsp3) is 0.231. The summed E-state index contributed by atoms with van der Waals surface area (Å²) >= 11 is 1.75. The average Bonchev–Trinajstić information content (AvgIpc) is 2.94. The SMILES string of the molecule is Cn1ccc(C(=O)C2CSc3ccccc32)n1. The number of aromatic nitrogens is 2. The second-order valence-electron chi connectivity index (χ2n) is 4.14. The van der Waals surface area contributed by atoms with Crippen LogP contribution in [0.5, 0.6) is 0 Å². The van der Waals surface area contributed by atoms with Gasteiger partial charge in [0, 0.05) is 23.9 Å². The summed E-state index contributed by atoms with van der Waals surface area (Å²) in [5.41, 5.74) is 1.71. The zero-order valence-corrected chi connectivity index (χ0v) is 10.3. The van der Waals surface area contributed by atoms with Crippen molar-refractivity contribution < 1.29 is 4.79 Å². The van der Waals surface area contributed by atoms with E-state index in [0.29, 0.717) is 5.69 Å². The Labute approximate surface area is 104 Å². The first-order valence-electron chi connectivity index (χ1n) is 5.51. The Balaban J connectivity index is 1.95. The van der Waals surface area contributed by atoms with Crippen LogP contribution in [0.3, 0.4) is 0 Å². The Morgan fingerprint density at radius 3 is 3.00 bits per heavy atom. The maximum Gasteiger partial charge on any atom is 0.191 e. The fourth-order valence-corrected chi connectivity index (χ4v) is 3.33. The van der Waals surface area contributed by atoms with Gasteiger partial charge < -0.3 is 0 Å². The van der Waals surface area contributed by atoms with E-state index < -0.39 is 0 Å². The topological polar surface area (TPSA) is 34.9 Å². The van der Waals surface area contributed by atoms with Gasteiger partial charge in [0.1, 0.15) is 5.69 Å². The number of hydrogen-bond donors (Lipinski definition) is 0. The van der Waals surface area contributed by atoms with Gasteiger partial charge in [0.25, 0.3) is 0 Å². The largest absolute Gasteiger partial charge is 0.292 e. The molecule has 1 unspecified atom stereocenters. The molecule has 1 aliphatic rings. The molecule has 17 heavy (non-hydrogen) atoms. The zero-order chi connectivity index (χ0) is 11.8. The lowest BCUT2D eigenvalue weighted by Gasteiger charge is -2.07. The van der Waals surface area contributed by atoms with Crippen LogP contribution in [0.2, 0.25) is 0 Å². The van der Waals surface area contributed by atoms with Crippen LogP contribution in [0.1, 0.15) is 22.0 Å². The maximum absolute atomic E-state index is 12.3. The van der Waals surface area contributed by atoms with Crippen molar-refractivity contribution >= 4 is 17.5 Å². The molecule has 0 radical (unpaired) electrons. The standard InChI is InChI=1S/C13H12N2OS/c1-15-7-6-11(14-15)13(16)10-8-17-12-5-3-2-4-9(10)12/h2-7,10H,8H2,1H3. The number of nitrogens with zero attached hydrogens (tertiary/aromatic N) is 2. The van der Waals surface area contributed by atoms with Crippen molar-refractivity contribution in [2.75, 3.05) is 5.75 Å². The number of rotatable bonds is 2. The van der Waals surface area contributed by atoms with Crippen molar-refractivity contribution in [1.82, 2.24) is 9.78 Å². The van der Waals surface area contributed by atoms with Crippen LogP contribution < -0.4 is 0 Å². The summed E-state index contributed by atoms with van der Waals surface area (Å²) in [7, 11) is 1.83. The number of fused-ring (bicyclic) bond motifs is 1. The highest BCUT2D eigenvalue weighted by molar-refractivity contribution is 7.99. The number of benzene rings is 1. The molecule has 0 amide bonds. The van der Waals surface area contributed by atoms with Crippen molar-refractivity contribution in [2.45, 2.75) is 10.8 Å². The van der Waals surface area contributed by atoms with E-state index >= 15 is 0 Å². The molecular weight excluding hydrogens is 232 g/mol. The highest BCUT2D eigenvalue weighted by Crippen LogP contribution is 2.40. The smallest absolute Gasteiger partial charge is 0.191 e. The number of ketones is 1. The third-order valence-corrected chi connectivity index (χ3v) is 4.17. The van der Waals surface area contributed by atoms with Crippen LogP contribution in [0.25, 0.3) is 0 Å². The third kappa shape index (κ3) is 1.78. The second kappa shape index (κ2) is 4.04. The minimum absolute atomic E-state index is 0.0360. The van der Waals surface area contributed by atoms with Gasteiger partial charge in [-0.2, -0.15) is 5.10 Å². The predicted molar refractivity (Wildman–Crippen MR) is 67.4 cm³/mol. The van der Waals surface area contributed by atoms with Gasteiger partial charge in [-0.25, -0.2) is 0 Å². The lowest BCUT2D eigenvalue weighted by Crippen LogP contribution is -2.13. The van der Waals surface area contributed by atoms with E-state index in [-0.39, 0.29) is 11.7 Å². The van der Waals surface area contributed by atoms with Gasteiger partial charge in [-0.15, -0.1) is 11.8 Å². The summed E-state index contributed by atoms with van der Waals surface area (Å²) in [4.78, 5) is 13.6. The van der Waals surface area contributed by atoms with Crippen LogP contribution >= 0.6 is 11.8 Å². The van der Waals surface area contributed by atoms with Crippen molar-refractivity contribution in [3.05, 3.63) is 47.8 Å². The molecule has 0 saturated carbocycles. The van der Waals surface area contributed by atoms with E-state index in [4.69, 9.17) is 0 Å². The lowest BCUT2D eigenvalue weighted by atomic mass is 9.95. The van der Waals surface area contributed by atoms with Crippen LogP contribution in [-0.2, 0) is 7.05 Å². The highest BCUT2D eigenvalue weighted by Gasteiger charge is 2.30. The lowest BCUT2D eigenvalue weighted by molar-refractivity contribution is 0.0963. The number of thioether (sulfide) groups is 1. The Hall–Kier alpha value is -1.55.